The molecule has 0 radical (unpaired) electrons. The molecule has 1 fully saturated rings. The third-order valence-corrected chi connectivity index (χ3v) is 4.99. The first-order valence-electron chi connectivity index (χ1n) is 9.15. The van der Waals surface area contributed by atoms with Crippen LogP contribution in [-0.2, 0) is 9.59 Å². The summed E-state index contributed by atoms with van der Waals surface area (Å²) in [4.78, 5) is 27.0. The van der Waals surface area contributed by atoms with Gasteiger partial charge in [-0.2, -0.15) is 0 Å². The van der Waals surface area contributed by atoms with Crippen LogP contribution >= 0.6 is 0 Å². The highest BCUT2D eigenvalue weighted by molar-refractivity contribution is 5.95. The number of hydrogen-bond donors (Lipinski definition) is 2. The number of hydrogen-bond acceptors (Lipinski definition) is 3. The van der Waals surface area contributed by atoms with Crippen molar-refractivity contribution < 1.29 is 14.0 Å². The Hall–Kier alpha value is -2.73. The molecule has 142 valence electrons. The molecule has 0 saturated carbocycles. The van der Waals surface area contributed by atoms with Gasteiger partial charge in [0.05, 0.1) is 0 Å². The van der Waals surface area contributed by atoms with Gasteiger partial charge in [-0.25, -0.2) is 4.39 Å². The summed E-state index contributed by atoms with van der Waals surface area (Å²) in [5.74, 6) is -0.459. The molecule has 6 heteroatoms. The predicted octanol–water partition coefficient (Wildman–Crippen LogP) is 2.96. The van der Waals surface area contributed by atoms with Crippen molar-refractivity contribution in [1.29, 1.82) is 0 Å². The first-order valence-corrected chi connectivity index (χ1v) is 9.15. The molecule has 27 heavy (non-hydrogen) atoms. The highest BCUT2D eigenvalue weighted by Crippen LogP contribution is 2.28. The van der Waals surface area contributed by atoms with Gasteiger partial charge in [-0.1, -0.05) is 30.3 Å². The summed E-state index contributed by atoms with van der Waals surface area (Å²) < 4.78 is 13.1. The Kier molecular flexibility index (Phi) is 6.19. The zero-order chi connectivity index (χ0) is 19.2. The molecule has 1 saturated heterocycles. The first kappa shape index (κ1) is 19.0. The molecule has 0 unspecified atom stereocenters. The number of amides is 2. The smallest absolute Gasteiger partial charge is 0.246 e. The van der Waals surface area contributed by atoms with Crippen molar-refractivity contribution in [3.8, 4) is 0 Å². The molecule has 3 rings (SSSR count). The molecule has 2 N–H and O–H groups in total. The number of anilines is 1. The summed E-state index contributed by atoms with van der Waals surface area (Å²) in [6, 6.07) is 14.9. The minimum absolute atomic E-state index is 0.0113. The first-order chi connectivity index (χ1) is 13.1. The van der Waals surface area contributed by atoms with Crippen LogP contribution in [0.3, 0.4) is 0 Å². The van der Waals surface area contributed by atoms with Crippen LogP contribution in [0.2, 0.25) is 0 Å². The second kappa shape index (κ2) is 8.77. The van der Waals surface area contributed by atoms with E-state index in [1.807, 2.05) is 30.3 Å². The molecule has 2 aromatic rings. The van der Waals surface area contributed by atoms with E-state index in [1.54, 1.807) is 19.2 Å². The van der Waals surface area contributed by atoms with Crippen molar-refractivity contribution in [2.45, 2.75) is 18.9 Å². The molecule has 1 atom stereocenters. The van der Waals surface area contributed by atoms with Gasteiger partial charge in [-0.15, -0.1) is 0 Å². The Morgan fingerprint density at radius 3 is 2.26 bits per heavy atom. The fourth-order valence-electron chi connectivity index (χ4n) is 3.53. The zero-order valence-electron chi connectivity index (χ0n) is 15.3. The maximum atomic E-state index is 13.1. The van der Waals surface area contributed by atoms with Crippen molar-refractivity contribution in [3.05, 3.63) is 66.0 Å². The average molecular weight is 369 g/mol. The lowest BCUT2D eigenvalue weighted by Gasteiger charge is -2.36. The molecular formula is C21H24FN3O2. The van der Waals surface area contributed by atoms with Crippen LogP contribution in [0.25, 0.3) is 0 Å². The van der Waals surface area contributed by atoms with Gasteiger partial charge in [0, 0.05) is 18.7 Å². The SMILES string of the molecule is CNC(=O)C1CCN([C@H](C(=O)Nc2ccc(F)cc2)c2ccccc2)CC1. The van der Waals surface area contributed by atoms with Gasteiger partial charge >= 0.3 is 0 Å². The minimum atomic E-state index is -0.457. The summed E-state index contributed by atoms with van der Waals surface area (Å²) in [6.45, 7) is 1.32. The Morgan fingerprint density at radius 1 is 1.04 bits per heavy atom. The van der Waals surface area contributed by atoms with Crippen LogP contribution in [0.15, 0.2) is 54.6 Å². The van der Waals surface area contributed by atoms with Crippen LogP contribution in [-0.4, -0.2) is 36.9 Å². The van der Waals surface area contributed by atoms with E-state index in [0.717, 1.165) is 5.56 Å². The standard InChI is InChI=1S/C21H24FN3O2/c1-23-20(26)16-11-13-25(14-12-16)19(15-5-3-2-4-6-15)21(27)24-18-9-7-17(22)8-10-18/h2-10,16,19H,11-14H2,1H3,(H,23,26)(H,24,27)/t19-/m0/s1. The Morgan fingerprint density at radius 2 is 1.67 bits per heavy atom. The lowest BCUT2D eigenvalue weighted by atomic mass is 9.93. The number of halogens is 1. The highest BCUT2D eigenvalue weighted by Gasteiger charge is 2.32. The molecule has 1 heterocycles. The number of benzene rings is 2. The maximum absolute atomic E-state index is 13.1. The largest absolute Gasteiger partial charge is 0.359 e. The van der Waals surface area contributed by atoms with Gasteiger partial charge in [-0.05, 0) is 55.8 Å². The topological polar surface area (TPSA) is 61.4 Å². The van der Waals surface area contributed by atoms with Gasteiger partial charge in [0.2, 0.25) is 11.8 Å². The molecule has 0 spiro atoms. The Labute approximate surface area is 158 Å². The number of nitrogens with one attached hydrogen (secondary N) is 2. The second-order valence-electron chi connectivity index (χ2n) is 6.73. The van der Waals surface area contributed by atoms with E-state index in [-0.39, 0.29) is 23.5 Å². The minimum Gasteiger partial charge on any atom is -0.359 e. The van der Waals surface area contributed by atoms with Gasteiger partial charge in [0.15, 0.2) is 0 Å². The van der Waals surface area contributed by atoms with E-state index < -0.39 is 6.04 Å². The molecule has 2 amide bonds. The van der Waals surface area contributed by atoms with Gasteiger partial charge < -0.3 is 10.6 Å². The van der Waals surface area contributed by atoms with Crippen LogP contribution in [0.1, 0.15) is 24.4 Å². The zero-order valence-corrected chi connectivity index (χ0v) is 15.3. The van der Waals surface area contributed by atoms with E-state index in [4.69, 9.17) is 0 Å². The normalized spacial score (nSPS) is 16.5. The van der Waals surface area contributed by atoms with E-state index in [1.165, 1.54) is 12.1 Å². The molecule has 5 nitrogen and oxygen atoms in total. The number of carbonyl (C=O) groups excluding carboxylic acids is 2. The van der Waals surface area contributed by atoms with Gasteiger partial charge in [0.1, 0.15) is 11.9 Å². The van der Waals surface area contributed by atoms with Gasteiger partial charge in [-0.3, -0.25) is 14.5 Å². The van der Waals surface area contributed by atoms with Crippen LogP contribution in [0.5, 0.6) is 0 Å². The molecule has 0 bridgehead atoms. The lowest BCUT2D eigenvalue weighted by molar-refractivity contribution is -0.127. The Bertz CT molecular complexity index is 772. The maximum Gasteiger partial charge on any atom is 0.246 e. The van der Waals surface area contributed by atoms with Gasteiger partial charge in [0.25, 0.3) is 0 Å². The third kappa shape index (κ3) is 4.71. The third-order valence-electron chi connectivity index (χ3n) is 4.99. The van der Waals surface area contributed by atoms with E-state index in [2.05, 4.69) is 15.5 Å². The summed E-state index contributed by atoms with van der Waals surface area (Å²) in [7, 11) is 1.65. The van der Waals surface area contributed by atoms with E-state index in [0.29, 0.717) is 31.6 Å². The molecule has 0 aromatic heterocycles. The summed E-state index contributed by atoms with van der Waals surface area (Å²) in [6.07, 6.45) is 1.43. The summed E-state index contributed by atoms with van der Waals surface area (Å²) >= 11 is 0. The molecule has 0 aliphatic carbocycles. The van der Waals surface area contributed by atoms with Crippen molar-refractivity contribution in [2.24, 2.45) is 5.92 Å². The van der Waals surface area contributed by atoms with Crippen molar-refractivity contribution in [3.63, 3.8) is 0 Å². The number of nitrogens with zero attached hydrogens (tertiary/aromatic N) is 1. The average Bonchev–Trinajstić information content (AvgIpc) is 2.71. The Balaban J connectivity index is 1.77. The second-order valence-corrected chi connectivity index (χ2v) is 6.73. The van der Waals surface area contributed by atoms with E-state index in [9.17, 15) is 14.0 Å². The fraction of sp³-hybridized carbons (Fsp3) is 0.333. The number of carbonyl (C=O) groups is 2. The molecule has 2 aromatic carbocycles. The number of likely N-dealkylation sites (tertiary alicyclic amines) is 1. The quantitative estimate of drug-likeness (QED) is 0.852. The van der Waals surface area contributed by atoms with Crippen molar-refractivity contribution in [1.82, 2.24) is 10.2 Å². The number of piperidine rings is 1. The van der Waals surface area contributed by atoms with Crippen molar-refractivity contribution in [2.75, 3.05) is 25.5 Å². The molecule has 1 aliphatic heterocycles. The van der Waals surface area contributed by atoms with Crippen LogP contribution in [0, 0.1) is 11.7 Å². The summed E-state index contributed by atoms with van der Waals surface area (Å²) in [5.41, 5.74) is 1.46. The van der Waals surface area contributed by atoms with Crippen molar-refractivity contribution >= 4 is 17.5 Å². The predicted molar refractivity (Wildman–Crippen MR) is 103 cm³/mol. The highest BCUT2D eigenvalue weighted by atomic mass is 19.1. The summed E-state index contributed by atoms with van der Waals surface area (Å²) in [5, 5.41) is 5.59. The number of rotatable bonds is 5. The van der Waals surface area contributed by atoms with E-state index >= 15 is 0 Å². The molecule has 1 aliphatic rings. The monoisotopic (exact) mass is 369 g/mol. The van der Waals surface area contributed by atoms with Crippen LogP contribution < -0.4 is 10.6 Å². The molecular weight excluding hydrogens is 345 g/mol. The lowest BCUT2D eigenvalue weighted by Crippen LogP contribution is -2.44. The van der Waals surface area contributed by atoms with Crippen LogP contribution in [0.4, 0.5) is 10.1 Å². The fourth-order valence-corrected chi connectivity index (χ4v) is 3.53.